The zero-order valence-electron chi connectivity index (χ0n) is 9.00. The molecule has 0 fully saturated rings. The predicted octanol–water partition coefficient (Wildman–Crippen LogP) is 1.30. The summed E-state index contributed by atoms with van der Waals surface area (Å²) in [6.45, 7) is 3.95. The zero-order chi connectivity index (χ0) is 11.4. The highest BCUT2D eigenvalue weighted by Crippen LogP contribution is 2.24. The summed E-state index contributed by atoms with van der Waals surface area (Å²) < 4.78 is 0. The van der Waals surface area contributed by atoms with E-state index in [-0.39, 0.29) is 11.7 Å². The smallest absolute Gasteiger partial charge is 0.225 e. The topological polar surface area (TPSA) is 75.4 Å². The van der Waals surface area contributed by atoms with Crippen LogP contribution in [-0.2, 0) is 4.79 Å². The highest BCUT2D eigenvalue weighted by atomic mass is 16.3. The third-order valence-electron chi connectivity index (χ3n) is 2.19. The number of amides is 1. The molecule has 0 radical (unpaired) electrons. The van der Waals surface area contributed by atoms with Crippen molar-refractivity contribution in [1.82, 2.24) is 0 Å². The highest BCUT2D eigenvalue weighted by molar-refractivity contribution is 5.91. The van der Waals surface area contributed by atoms with Gasteiger partial charge in [0, 0.05) is 18.7 Å². The van der Waals surface area contributed by atoms with Gasteiger partial charge in [-0.2, -0.15) is 0 Å². The molecule has 0 unspecified atom stereocenters. The molecule has 0 saturated heterocycles. The molecular formula is C11H16N2O2. The maximum atomic E-state index is 11.3. The fraction of sp³-hybridized carbons (Fsp3) is 0.364. The molecule has 4 N–H and O–H groups in total. The minimum absolute atomic E-state index is 0.106. The van der Waals surface area contributed by atoms with Crippen LogP contribution in [0.1, 0.15) is 17.5 Å². The van der Waals surface area contributed by atoms with E-state index in [1.54, 1.807) is 19.1 Å². The molecule has 1 aromatic rings. The molecule has 4 heteroatoms. The molecular weight excluding hydrogens is 192 g/mol. The molecule has 0 atom stereocenters. The third kappa shape index (κ3) is 2.95. The second-order valence-corrected chi connectivity index (χ2v) is 3.54. The van der Waals surface area contributed by atoms with E-state index in [0.717, 1.165) is 16.8 Å². The van der Waals surface area contributed by atoms with Gasteiger partial charge in [0.25, 0.3) is 0 Å². The van der Waals surface area contributed by atoms with Gasteiger partial charge in [-0.15, -0.1) is 0 Å². The van der Waals surface area contributed by atoms with E-state index < -0.39 is 0 Å². The Labute approximate surface area is 89.1 Å². The lowest BCUT2D eigenvalue weighted by molar-refractivity contribution is -0.116. The van der Waals surface area contributed by atoms with Gasteiger partial charge in [-0.25, -0.2) is 0 Å². The second-order valence-electron chi connectivity index (χ2n) is 3.54. The Morgan fingerprint density at radius 3 is 2.67 bits per heavy atom. The number of phenolic OH excluding ortho intramolecular Hbond substituents is 1. The zero-order valence-corrected chi connectivity index (χ0v) is 9.00. The van der Waals surface area contributed by atoms with Gasteiger partial charge in [-0.05, 0) is 37.1 Å². The Balaban J connectivity index is 2.86. The minimum atomic E-state index is -0.106. The molecule has 0 heterocycles. The number of carbonyl (C=O) groups excluding carboxylic acids is 1. The van der Waals surface area contributed by atoms with Gasteiger partial charge in [0.05, 0.1) is 0 Å². The second kappa shape index (κ2) is 4.79. The SMILES string of the molecule is Cc1cc(NC(=O)CCN)c(C)cc1O. The summed E-state index contributed by atoms with van der Waals surface area (Å²) >= 11 is 0. The van der Waals surface area contributed by atoms with Crippen molar-refractivity contribution in [2.75, 3.05) is 11.9 Å². The molecule has 1 amide bonds. The average molecular weight is 208 g/mol. The maximum Gasteiger partial charge on any atom is 0.225 e. The van der Waals surface area contributed by atoms with Crippen LogP contribution >= 0.6 is 0 Å². The van der Waals surface area contributed by atoms with Crippen molar-refractivity contribution in [3.8, 4) is 5.75 Å². The van der Waals surface area contributed by atoms with E-state index >= 15 is 0 Å². The van der Waals surface area contributed by atoms with E-state index in [0.29, 0.717) is 13.0 Å². The Morgan fingerprint density at radius 1 is 1.40 bits per heavy atom. The predicted molar refractivity (Wildman–Crippen MR) is 59.9 cm³/mol. The average Bonchev–Trinajstić information content (AvgIpc) is 2.14. The number of carbonyl (C=O) groups is 1. The van der Waals surface area contributed by atoms with Gasteiger partial charge >= 0.3 is 0 Å². The first kappa shape index (κ1) is 11.5. The Hall–Kier alpha value is -1.55. The number of benzene rings is 1. The van der Waals surface area contributed by atoms with Crippen LogP contribution in [0.25, 0.3) is 0 Å². The fourth-order valence-corrected chi connectivity index (χ4v) is 1.28. The number of nitrogens with one attached hydrogen (secondary N) is 1. The quantitative estimate of drug-likeness (QED) is 0.655. The van der Waals surface area contributed by atoms with E-state index in [1.807, 2.05) is 6.92 Å². The first-order valence-electron chi connectivity index (χ1n) is 4.84. The van der Waals surface area contributed by atoms with Crippen molar-refractivity contribution in [3.63, 3.8) is 0 Å². The van der Waals surface area contributed by atoms with Gasteiger partial charge in [-0.1, -0.05) is 0 Å². The summed E-state index contributed by atoms with van der Waals surface area (Å²) in [4.78, 5) is 11.3. The maximum absolute atomic E-state index is 11.3. The summed E-state index contributed by atoms with van der Waals surface area (Å²) in [5.41, 5.74) is 7.58. The first-order valence-corrected chi connectivity index (χ1v) is 4.84. The summed E-state index contributed by atoms with van der Waals surface area (Å²) in [6, 6.07) is 3.38. The number of aryl methyl sites for hydroxylation is 2. The van der Waals surface area contributed by atoms with Crippen molar-refractivity contribution < 1.29 is 9.90 Å². The molecule has 0 aromatic heterocycles. The van der Waals surface area contributed by atoms with Gasteiger partial charge < -0.3 is 16.2 Å². The normalized spacial score (nSPS) is 10.1. The van der Waals surface area contributed by atoms with Crippen LogP contribution in [0.5, 0.6) is 5.75 Å². The van der Waals surface area contributed by atoms with Gasteiger partial charge in [0.2, 0.25) is 5.91 Å². The standard InChI is InChI=1S/C11H16N2O2/c1-7-6-10(14)8(2)5-9(7)13-11(15)3-4-12/h5-6,14H,3-4,12H2,1-2H3,(H,13,15). The van der Waals surface area contributed by atoms with Crippen molar-refractivity contribution in [2.24, 2.45) is 5.73 Å². The first-order chi connectivity index (χ1) is 7.04. The largest absolute Gasteiger partial charge is 0.508 e. The van der Waals surface area contributed by atoms with Crippen molar-refractivity contribution in [1.29, 1.82) is 0 Å². The number of nitrogens with two attached hydrogens (primary N) is 1. The molecule has 1 rings (SSSR count). The number of hydrogen-bond donors (Lipinski definition) is 3. The number of aromatic hydroxyl groups is 1. The Bertz CT molecular complexity index is 375. The van der Waals surface area contributed by atoms with Crippen LogP contribution in [0.3, 0.4) is 0 Å². The lowest BCUT2D eigenvalue weighted by Gasteiger charge is -2.10. The molecule has 1 aromatic carbocycles. The Kier molecular flexibility index (Phi) is 3.68. The van der Waals surface area contributed by atoms with Crippen molar-refractivity contribution in [3.05, 3.63) is 23.3 Å². The number of phenols is 1. The van der Waals surface area contributed by atoms with Crippen LogP contribution in [0.4, 0.5) is 5.69 Å². The van der Waals surface area contributed by atoms with Crippen LogP contribution in [0, 0.1) is 13.8 Å². The van der Waals surface area contributed by atoms with Gasteiger partial charge in [0.15, 0.2) is 0 Å². The van der Waals surface area contributed by atoms with Crippen molar-refractivity contribution in [2.45, 2.75) is 20.3 Å². The summed E-state index contributed by atoms with van der Waals surface area (Å²) in [7, 11) is 0. The molecule has 0 aliphatic rings. The van der Waals surface area contributed by atoms with Gasteiger partial charge in [-0.3, -0.25) is 4.79 Å². The molecule has 15 heavy (non-hydrogen) atoms. The highest BCUT2D eigenvalue weighted by Gasteiger charge is 2.06. The summed E-state index contributed by atoms with van der Waals surface area (Å²) in [5, 5.41) is 12.2. The van der Waals surface area contributed by atoms with Crippen LogP contribution in [-0.4, -0.2) is 17.6 Å². The molecule has 0 saturated carbocycles. The molecule has 0 spiro atoms. The molecule has 0 aliphatic heterocycles. The molecule has 4 nitrogen and oxygen atoms in total. The fourth-order valence-electron chi connectivity index (χ4n) is 1.28. The summed E-state index contributed by atoms with van der Waals surface area (Å²) in [6.07, 6.45) is 0.305. The number of anilines is 1. The summed E-state index contributed by atoms with van der Waals surface area (Å²) in [5.74, 6) is 0.134. The number of rotatable bonds is 3. The van der Waals surface area contributed by atoms with Crippen LogP contribution in [0.15, 0.2) is 12.1 Å². The minimum Gasteiger partial charge on any atom is -0.508 e. The van der Waals surface area contributed by atoms with Crippen LogP contribution < -0.4 is 11.1 Å². The monoisotopic (exact) mass is 208 g/mol. The van der Waals surface area contributed by atoms with Crippen LogP contribution in [0.2, 0.25) is 0 Å². The molecule has 0 bridgehead atoms. The van der Waals surface area contributed by atoms with E-state index in [9.17, 15) is 9.90 Å². The Morgan fingerprint density at radius 2 is 2.07 bits per heavy atom. The van der Waals surface area contributed by atoms with E-state index in [1.165, 1.54) is 0 Å². The lowest BCUT2D eigenvalue weighted by Crippen LogP contribution is -2.16. The van der Waals surface area contributed by atoms with Gasteiger partial charge in [0.1, 0.15) is 5.75 Å². The number of hydrogen-bond acceptors (Lipinski definition) is 3. The molecule has 82 valence electrons. The van der Waals surface area contributed by atoms with E-state index in [2.05, 4.69) is 5.32 Å². The lowest BCUT2D eigenvalue weighted by atomic mass is 10.1. The third-order valence-corrected chi connectivity index (χ3v) is 2.19. The molecule has 0 aliphatic carbocycles. The van der Waals surface area contributed by atoms with Crippen molar-refractivity contribution >= 4 is 11.6 Å². The van der Waals surface area contributed by atoms with E-state index in [4.69, 9.17) is 5.73 Å².